The van der Waals surface area contributed by atoms with Gasteiger partial charge in [0.1, 0.15) is 11.3 Å². The van der Waals surface area contributed by atoms with E-state index in [0.29, 0.717) is 23.4 Å². The second-order valence-electron chi connectivity index (χ2n) is 8.77. The smallest absolute Gasteiger partial charge is 0.336 e. The van der Waals surface area contributed by atoms with Crippen molar-refractivity contribution in [2.45, 2.75) is 43.3 Å². The Morgan fingerprint density at radius 2 is 2.09 bits per heavy atom. The van der Waals surface area contributed by atoms with E-state index in [0.717, 1.165) is 57.8 Å². The maximum atomic E-state index is 12.2. The summed E-state index contributed by atoms with van der Waals surface area (Å²) in [6, 6.07) is 13.1. The van der Waals surface area contributed by atoms with Gasteiger partial charge in [0.25, 0.3) is 0 Å². The molecule has 0 amide bonds. The number of aryl methyl sites for hydroxylation is 1. The van der Waals surface area contributed by atoms with Gasteiger partial charge >= 0.3 is 5.63 Å². The highest BCUT2D eigenvalue weighted by molar-refractivity contribution is 7.98. The van der Waals surface area contributed by atoms with Crippen LogP contribution in [0.2, 0.25) is 0 Å². The minimum absolute atomic E-state index is 0.102. The molecule has 2 N–H and O–H groups in total. The second kappa shape index (κ2) is 8.90. The van der Waals surface area contributed by atoms with Crippen LogP contribution in [0.25, 0.3) is 33.3 Å². The molecule has 35 heavy (non-hydrogen) atoms. The number of nitrogens with one attached hydrogen (secondary N) is 1. The van der Waals surface area contributed by atoms with Crippen molar-refractivity contribution in [2.24, 2.45) is 0 Å². The van der Waals surface area contributed by atoms with Gasteiger partial charge in [-0.25, -0.2) is 4.79 Å². The lowest BCUT2D eigenvalue weighted by Gasteiger charge is -2.15. The summed E-state index contributed by atoms with van der Waals surface area (Å²) in [7, 11) is 0. The topological polar surface area (TPSA) is 106 Å². The number of fused-ring (bicyclic) bond motifs is 2. The predicted octanol–water partition coefficient (Wildman–Crippen LogP) is 5.02. The molecule has 3 aromatic heterocycles. The van der Waals surface area contributed by atoms with Crippen LogP contribution in [0, 0.1) is 6.92 Å². The molecule has 0 unspecified atom stereocenters. The molecule has 4 heterocycles. The van der Waals surface area contributed by atoms with Crippen molar-refractivity contribution in [3.05, 3.63) is 70.2 Å². The molecule has 1 aliphatic rings. The molecule has 1 atom stereocenters. The van der Waals surface area contributed by atoms with Gasteiger partial charge in [-0.1, -0.05) is 30.0 Å². The molecule has 1 saturated heterocycles. The molecule has 178 valence electrons. The fourth-order valence-electron chi connectivity index (χ4n) is 4.69. The van der Waals surface area contributed by atoms with E-state index in [9.17, 15) is 9.90 Å². The van der Waals surface area contributed by atoms with E-state index in [1.165, 1.54) is 17.8 Å². The van der Waals surface area contributed by atoms with Gasteiger partial charge < -0.3 is 19.2 Å². The molecule has 1 aliphatic heterocycles. The van der Waals surface area contributed by atoms with E-state index < -0.39 is 5.63 Å². The Morgan fingerprint density at radius 3 is 2.94 bits per heavy atom. The summed E-state index contributed by atoms with van der Waals surface area (Å²) in [6.45, 7) is 3.17. The lowest BCUT2D eigenvalue weighted by molar-refractivity contribution is 0.0953. The first-order valence-electron chi connectivity index (χ1n) is 11.6. The van der Waals surface area contributed by atoms with Crippen LogP contribution in [0.5, 0.6) is 5.75 Å². The molecule has 9 heteroatoms. The highest BCUT2D eigenvalue weighted by atomic mass is 32.2. The number of aromatic hydroxyl groups is 1. The van der Waals surface area contributed by atoms with E-state index in [4.69, 9.17) is 9.15 Å². The third kappa shape index (κ3) is 4.00. The molecule has 5 aromatic rings. The van der Waals surface area contributed by atoms with Crippen LogP contribution in [-0.4, -0.2) is 37.6 Å². The standard InChI is InChI=1S/C26H24N4O4S/c1-15-22(31)9-8-18-16(11-23(32)34-24(15)18)14-35-26-29-28-25(30(26)13-17-5-4-10-33-17)20-12-27-21-7-3-2-6-19(20)21/h2-3,6-9,11-12,17,27,31H,4-5,10,13-14H2,1H3/t17-/m0/s1. The molecule has 2 aromatic carbocycles. The summed E-state index contributed by atoms with van der Waals surface area (Å²) in [4.78, 5) is 15.6. The van der Waals surface area contributed by atoms with Crippen LogP contribution >= 0.6 is 11.8 Å². The number of ether oxygens (including phenoxy) is 1. The predicted molar refractivity (Wildman–Crippen MR) is 135 cm³/mol. The quantitative estimate of drug-likeness (QED) is 0.255. The number of aromatic amines is 1. The van der Waals surface area contributed by atoms with Gasteiger partial charge in [0.15, 0.2) is 11.0 Å². The van der Waals surface area contributed by atoms with Crippen LogP contribution in [-0.2, 0) is 17.0 Å². The third-order valence-corrected chi connectivity index (χ3v) is 7.55. The number of rotatable bonds is 6. The Balaban J connectivity index is 1.38. The summed E-state index contributed by atoms with van der Waals surface area (Å²) in [5.41, 5.74) is 3.38. The first-order valence-corrected chi connectivity index (χ1v) is 12.6. The van der Waals surface area contributed by atoms with Gasteiger partial charge in [-0.2, -0.15) is 0 Å². The molecule has 1 fully saturated rings. The number of thioether (sulfide) groups is 1. The van der Waals surface area contributed by atoms with Gasteiger partial charge in [0.05, 0.1) is 12.6 Å². The molecule has 0 aliphatic carbocycles. The van der Waals surface area contributed by atoms with Crippen molar-refractivity contribution in [3.63, 3.8) is 0 Å². The van der Waals surface area contributed by atoms with Crippen molar-refractivity contribution in [1.82, 2.24) is 19.7 Å². The lowest BCUT2D eigenvalue weighted by atomic mass is 10.1. The maximum absolute atomic E-state index is 12.2. The Labute approximate surface area is 204 Å². The van der Waals surface area contributed by atoms with Crippen LogP contribution < -0.4 is 5.63 Å². The van der Waals surface area contributed by atoms with Gasteiger partial charge in [0.2, 0.25) is 0 Å². The fourth-order valence-corrected chi connectivity index (χ4v) is 5.62. The largest absolute Gasteiger partial charge is 0.508 e. The number of aromatic nitrogens is 4. The Kier molecular flexibility index (Phi) is 5.58. The normalized spacial score (nSPS) is 16.0. The minimum atomic E-state index is -0.442. The van der Waals surface area contributed by atoms with E-state index in [2.05, 4.69) is 25.8 Å². The third-order valence-electron chi connectivity index (χ3n) is 6.53. The van der Waals surface area contributed by atoms with Crippen LogP contribution in [0.1, 0.15) is 24.0 Å². The molecule has 6 rings (SSSR count). The SMILES string of the molecule is Cc1c(O)ccc2c(CSc3nnc(-c4c[nH]c5ccccc45)n3C[C@@H]3CCCO3)cc(=O)oc12. The Hall–Kier alpha value is -3.56. The summed E-state index contributed by atoms with van der Waals surface area (Å²) in [5.74, 6) is 1.40. The number of H-pyrrole nitrogens is 1. The minimum Gasteiger partial charge on any atom is -0.508 e. The molecule has 0 saturated carbocycles. The molecule has 0 radical (unpaired) electrons. The number of nitrogens with zero attached hydrogens (tertiary/aromatic N) is 3. The molecular weight excluding hydrogens is 464 g/mol. The first-order chi connectivity index (χ1) is 17.1. The highest BCUT2D eigenvalue weighted by Gasteiger charge is 2.23. The number of phenolic OH excluding ortho intramolecular Hbond substituents is 1. The average molecular weight is 489 g/mol. The first kappa shape index (κ1) is 21.9. The number of phenols is 1. The zero-order valence-electron chi connectivity index (χ0n) is 19.2. The van der Waals surface area contributed by atoms with Crippen molar-refractivity contribution >= 4 is 33.6 Å². The van der Waals surface area contributed by atoms with Gasteiger partial charge in [-0.3, -0.25) is 4.57 Å². The van der Waals surface area contributed by atoms with E-state index in [1.54, 1.807) is 19.1 Å². The Bertz CT molecular complexity index is 1600. The van der Waals surface area contributed by atoms with Crippen LogP contribution in [0.3, 0.4) is 0 Å². The average Bonchev–Trinajstić information content (AvgIpc) is 3.61. The van der Waals surface area contributed by atoms with Crippen molar-refractivity contribution in [3.8, 4) is 17.1 Å². The zero-order valence-corrected chi connectivity index (χ0v) is 20.0. The highest BCUT2D eigenvalue weighted by Crippen LogP contribution is 2.34. The van der Waals surface area contributed by atoms with E-state index in [-0.39, 0.29) is 11.9 Å². The van der Waals surface area contributed by atoms with Crippen molar-refractivity contribution in [2.75, 3.05) is 6.61 Å². The van der Waals surface area contributed by atoms with E-state index >= 15 is 0 Å². The summed E-state index contributed by atoms with van der Waals surface area (Å²) in [5, 5.41) is 21.8. The van der Waals surface area contributed by atoms with Crippen molar-refractivity contribution < 1.29 is 14.3 Å². The summed E-state index contributed by atoms with van der Waals surface area (Å²) in [6.07, 6.45) is 4.14. The fraction of sp³-hybridized carbons (Fsp3) is 0.269. The van der Waals surface area contributed by atoms with Crippen molar-refractivity contribution in [1.29, 1.82) is 0 Å². The number of hydrogen-bond donors (Lipinski definition) is 2. The molecular formula is C26H24N4O4S. The number of hydrogen-bond acceptors (Lipinski definition) is 7. The zero-order chi connectivity index (χ0) is 23.9. The molecule has 8 nitrogen and oxygen atoms in total. The van der Waals surface area contributed by atoms with Crippen LogP contribution in [0.4, 0.5) is 0 Å². The van der Waals surface area contributed by atoms with Gasteiger partial charge in [-0.15, -0.1) is 10.2 Å². The monoisotopic (exact) mass is 488 g/mol. The van der Waals surface area contributed by atoms with Gasteiger partial charge in [-0.05, 0) is 43.5 Å². The number of para-hydroxylation sites is 1. The summed E-state index contributed by atoms with van der Waals surface area (Å²) >= 11 is 1.52. The van der Waals surface area contributed by atoms with Crippen LogP contribution in [0.15, 0.2) is 63.0 Å². The lowest BCUT2D eigenvalue weighted by Crippen LogP contribution is -2.16. The van der Waals surface area contributed by atoms with Gasteiger partial charge in [0, 0.05) is 52.0 Å². The summed E-state index contributed by atoms with van der Waals surface area (Å²) < 4.78 is 13.5. The number of benzene rings is 2. The Morgan fingerprint density at radius 1 is 1.20 bits per heavy atom. The maximum Gasteiger partial charge on any atom is 0.336 e. The molecule has 0 spiro atoms. The second-order valence-corrected chi connectivity index (χ2v) is 9.71. The molecule has 0 bridgehead atoms. The van der Waals surface area contributed by atoms with E-state index in [1.807, 2.05) is 24.4 Å².